The highest BCUT2D eigenvalue weighted by molar-refractivity contribution is 5.99. The van der Waals surface area contributed by atoms with Crippen LogP contribution in [-0.4, -0.2) is 36.0 Å². The fourth-order valence-corrected chi connectivity index (χ4v) is 3.23. The number of hydrogen-bond acceptors (Lipinski definition) is 6. The number of esters is 1. The van der Waals surface area contributed by atoms with Crippen LogP contribution in [0.5, 0.6) is 0 Å². The number of ketones is 1. The number of hydrogen-bond donors (Lipinski definition) is 0. The molecule has 4 rings (SSSR count). The summed E-state index contributed by atoms with van der Waals surface area (Å²) >= 11 is 0. The van der Waals surface area contributed by atoms with Crippen LogP contribution in [0.25, 0.3) is 11.0 Å². The summed E-state index contributed by atoms with van der Waals surface area (Å²) in [5.41, 5.74) is 2.27. The van der Waals surface area contributed by atoms with Gasteiger partial charge in [0, 0.05) is 29.6 Å². The van der Waals surface area contributed by atoms with Crippen molar-refractivity contribution < 1.29 is 23.6 Å². The molecule has 1 aliphatic heterocycles. The molecule has 7 nitrogen and oxygen atoms in total. The van der Waals surface area contributed by atoms with E-state index in [1.807, 2.05) is 18.2 Å². The number of amides is 1. The Bertz CT molecular complexity index is 1040. The van der Waals surface area contributed by atoms with E-state index in [-0.39, 0.29) is 24.7 Å². The van der Waals surface area contributed by atoms with Gasteiger partial charge >= 0.3 is 5.97 Å². The summed E-state index contributed by atoms with van der Waals surface area (Å²) in [6.45, 7) is 0.344. The van der Waals surface area contributed by atoms with Crippen molar-refractivity contribution in [2.45, 2.75) is 19.3 Å². The topological polar surface area (TPSA) is 89.7 Å². The van der Waals surface area contributed by atoms with Gasteiger partial charge in [0.1, 0.15) is 5.69 Å². The van der Waals surface area contributed by atoms with Gasteiger partial charge in [0.15, 0.2) is 18.0 Å². The molecule has 1 aromatic heterocycles. The van der Waals surface area contributed by atoms with Crippen LogP contribution in [0.3, 0.4) is 0 Å². The SMILES string of the molecule is O=C(Cc1noc2ccccc12)OCC(=O)c1ccc(N2CCCC2=O)cc1. The molecule has 1 saturated heterocycles. The lowest BCUT2D eigenvalue weighted by atomic mass is 10.1. The fourth-order valence-electron chi connectivity index (χ4n) is 3.23. The number of rotatable bonds is 6. The van der Waals surface area contributed by atoms with Crippen molar-refractivity contribution in [2.75, 3.05) is 18.1 Å². The van der Waals surface area contributed by atoms with E-state index in [1.54, 1.807) is 35.2 Å². The van der Waals surface area contributed by atoms with Gasteiger partial charge in [-0.15, -0.1) is 0 Å². The maximum absolute atomic E-state index is 12.3. The molecule has 2 heterocycles. The van der Waals surface area contributed by atoms with Crippen molar-refractivity contribution in [1.82, 2.24) is 5.16 Å². The average molecular weight is 378 g/mol. The van der Waals surface area contributed by atoms with Gasteiger partial charge < -0.3 is 14.2 Å². The van der Waals surface area contributed by atoms with E-state index in [2.05, 4.69) is 5.16 Å². The van der Waals surface area contributed by atoms with Crippen LogP contribution in [-0.2, 0) is 20.7 Å². The molecule has 142 valence electrons. The standard InChI is InChI=1S/C21H18N2O5/c24-18(14-7-9-15(10-8-14)23-11-3-6-20(23)25)13-27-21(26)12-17-16-4-1-2-5-19(16)28-22-17/h1-2,4-5,7-10H,3,6,11-13H2. The highest BCUT2D eigenvalue weighted by atomic mass is 16.5. The predicted octanol–water partition coefficient (Wildman–Crippen LogP) is 2.92. The summed E-state index contributed by atoms with van der Waals surface area (Å²) in [6, 6.07) is 14.0. The molecule has 0 spiro atoms. The molecule has 0 N–H and O–H groups in total. The molecule has 28 heavy (non-hydrogen) atoms. The van der Waals surface area contributed by atoms with Gasteiger partial charge in [-0.3, -0.25) is 14.4 Å². The van der Waals surface area contributed by atoms with Gasteiger partial charge in [-0.1, -0.05) is 17.3 Å². The lowest BCUT2D eigenvalue weighted by Crippen LogP contribution is -2.23. The predicted molar refractivity (Wildman–Crippen MR) is 101 cm³/mol. The Balaban J connectivity index is 1.33. The average Bonchev–Trinajstić information content (AvgIpc) is 3.33. The quantitative estimate of drug-likeness (QED) is 0.484. The van der Waals surface area contributed by atoms with Crippen molar-refractivity contribution in [3.8, 4) is 0 Å². The number of carbonyl (C=O) groups excluding carboxylic acids is 3. The molecular weight excluding hydrogens is 360 g/mol. The van der Waals surface area contributed by atoms with E-state index < -0.39 is 5.97 Å². The number of Topliss-reactive ketones (excluding diaryl/α,β-unsaturated/α-hetero) is 1. The largest absolute Gasteiger partial charge is 0.457 e. The first kappa shape index (κ1) is 17.9. The minimum Gasteiger partial charge on any atom is -0.457 e. The molecule has 0 aliphatic carbocycles. The van der Waals surface area contributed by atoms with E-state index in [0.717, 1.165) is 17.5 Å². The number of ether oxygens (including phenoxy) is 1. The molecule has 0 atom stereocenters. The van der Waals surface area contributed by atoms with E-state index in [0.29, 0.717) is 29.8 Å². The lowest BCUT2D eigenvalue weighted by Gasteiger charge is -2.15. The number of benzene rings is 2. The third-order valence-electron chi connectivity index (χ3n) is 4.70. The second kappa shape index (κ2) is 7.64. The molecule has 0 unspecified atom stereocenters. The van der Waals surface area contributed by atoms with Crippen LogP contribution >= 0.6 is 0 Å². The molecule has 0 saturated carbocycles. The Morgan fingerprint density at radius 2 is 1.89 bits per heavy atom. The summed E-state index contributed by atoms with van der Waals surface area (Å²) in [6.07, 6.45) is 1.33. The summed E-state index contributed by atoms with van der Waals surface area (Å²) in [4.78, 5) is 37.8. The van der Waals surface area contributed by atoms with E-state index >= 15 is 0 Å². The van der Waals surface area contributed by atoms with Gasteiger partial charge in [0.2, 0.25) is 5.91 Å². The highest BCUT2D eigenvalue weighted by Gasteiger charge is 2.22. The normalized spacial score (nSPS) is 13.9. The van der Waals surface area contributed by atoms with Crippen LogP contribution in [0.1, 0.15) is 28.9 Å². The number of fused-ring (bicyclic) bond motifs is 1. The molecule has 1 amide bonds. The third-order valence-corrected chi connectivity index (χ3v) is 4.70. The van der Waals surface area contributed by atoms with Gasteiger partial charge in [0.25, 0.3) is 0 Å². The van der Waals surface area contributed by atoms with E-state index in [4.69, 9.17) is 9.26 Å². The van der Waals surface area contributed by atoms with Crippen LogP contribution < -0.4 is 4.90 Å². The van der Waals surface area contributed by atoms with Crippen molar-refractivity contribution in [2.24, 2.45) is 0 Å². The van der Waals surface area contributed by atoms with Crippen molar-refractivity contribution >= 4 is 34.3 Å². The Morgan fingerprint density at radius 3 is 2.64 bits per heavy atom. The maximum Gasteiger partial charge on any atom is 0.312 e. The minimum atomic E-state index is -0.549. The molecule has 3 aromatic rings. The molecule has 2 aromatic carbocycles. The van der Waals surface area contributed by atoms with E-state index in [1.165, 1.54) is 0 Å². The zero-order valence-corrected chi connectivity index (χ0v) is 15.1. The smallest absolute Gasteiger partial charge is 0.312 e. The Hall–Kier alpha value is -3.48. The molecule has 0 radical (unpaired) electrons. The lowest BCUT2D eigenvalue weighted by molar-refractivity contribution is -0.141. The molecule has 1 aliphatic rings. The van der Waals surface area contributed by atoms with Crippen molar-refractivity contribution in [1.29, 1.82) is 0 Å². The second-order valence-corrected chi connectivity index (χ2v) is 6.58. The van der Waals surface area contributed by atoms with Crippen LogP contribution in [0, 0.1) is 0 Å². The van der Waals surface area contributed by atoms with Crippen LogP contribution in [0.4, 0.5) is 5.69 Å². The maximum atomic E-state index is 12.3. The zero-order valence-electron chi connectivity index (χ0n) is 15.1. The van der Waals surface area contributed by atoms with Gasteiger partial charge in [0.05, 0.1) is 6.42 Å². The van der Waals surface area contributed by atoms with Gasteiger partial charge in [-0.2, -0.15) is 0 Å². The number of aromatic nitrogens is 1. The first-order chi connectivity index (χ1) is 13.6. The summed E-state index contributed by atoms with van der Waals surface area (Å²) in [5.74, 6) is -0.766. The molecule has 1 fully saturated rings. The minimum absolute atomic E-state index is 0.0691. The highest BCUT2D eigenvalue weighted by Crippen LogP contribution is 2.22. The summed E-state index contributed by atoms with van der Waals surface area (Å²) in [7, 11) is 0. The van der Waals surface area contributed by atoms with Crippen LogP contribution in [0.2, 0.25) is 0 Å². The first-order valence-electron chi connectivity index (χ1n) is 9.04. The number of nitrogens with zero attached hydrogens (tertiary/aromatic N) is 2. The Kier molecular flexibility index (Phi) is 4.89. The molecular formula is C21H18N2O5. The number of carbonyl (C=O) groups is 3. The van der Waals surface area contributed by atoms with Gasteiger partial charge in [-0.25, -0.2) is 0 Å². The molecule has 0 bridgehead atoms. The zero-order chi connectivity index (χ0) is 19.5. The number of para-hydroxylation sites is 1. The third kappa shape index (κ3) is 3.64. The van der Waals surface area contributed by atoms with Crippen molar-refractivity contribution in [3.05, 3.63) is 59.8 Å². The van der Waals surface area contributed by atoms with Gasteiger partial charge in [-0.05, 0) is 42.8 Å². The fraction of sp³-hybridized carbons (Fsp3) is 0.238. The molecule has 7 heteroatoms. The van der Waals surface area contributed by atoms with Crippen molar-refractivity contribution in [3.63, 3.8) is 0 Å². The number of anilines is 1. The Morgan fingerprint density at radius 1 is 1.11 bits per heavy atom. The van der Waals surface area contributed by atoms with Crippen LogP contribution in [0.15, 0.2) is 53.1 Å². The summed E-state index contributed by atoms with van der Waals surface area (Å²) < 4.78 is 10.2. The Labute approximate surface area is 160 Å². The van der Waals surface area contributed by atoms with E-state index in [9.17, 15) is 14.4 Å². The summed E-state index contributed by atoms with van der Waals surface area (Å²) in [5, 5.41) is 4.63. The monoisotopic (exact) mass is 378 g/mol. The first-order valence-corrected chi connectivity index (χ1v) is 9.04. The second-order valence-electron chi connectivity index (χ2n) is 6.58.